The van der Waals surface area contributed by atoms with Gasteiger partial charge in [0.2, 0.25) is 0 Å². The third kappa shape index (κ3) is 4.54. The topological polar surface area (TPSA) is 35.9 Å². The Balaban J connectivity index is 1.61. The Morgan fingerprint density at radius 1 is 1.00 bits per heavy atom. The van der Waals surface area contributed by atoms with Crippen molar-refractivity contribution < 1.29 is 9.84 Å². The first-order valence-corrected chi connectivity index (χ1v) is 7.02. The number of hydrogen-bond donors (Lipinski definition) is 1. The van der Waals surface area contributed by atoms with Crippen LogP contribution in [0.4, 0.5) is 0 Å². The van der Waals surface area contributed by atoms with Gasteiger partial charge in [-0.25, -0.2) is 0 Å². The smallest absolute Gasteiger partial charge is 0.0594 e. The van der Waals surface area contributed by atoms with Crippen molar-refractivity contribution in [1.82, 2.24) is 9.80 Å². The number of aliphatic hydroxyl groups is 1. The standard InChI is InChI=1S/C13H26N2O2/c16-9-1-4-14-5-2-13(3-6-14)12-15-7-10-17-11-8-15/h13,16H,1-12H2. The maximum absolute atomic E-state index is 8.82. The second-order valence-electron chi connectivity index (χ2n) is 5.28. The summed E-state index contributed by atoms with van der Waals surface area (Å²) in [5.74, 6) is 0.874. The van der Waals surface area contributed by atoms with Gasteiger partial charge < -0.3 is 14.7 Å². The van der Waals surface area contributed by atoms with Crippen molar-refractivity contribution in [3.63, 3.8) is 0 Å². The largest absolute Gasteiger partial charge is 0.396 e. The van der Waals surface area contributed by atoms with E-state index in [1.807, 2.05) is 0 Å². The van der Waals surface area contributed by atoms with Crippen LogP contribution in [0.3, 0.4) is 0 Å². The van der Waals surface area contributed by atoms with Crippen molar-refractivity contribution >= 4 is 0 Å². The van der Waals surface area contributed by atoms with Gasteiger partial charge in [0.15, 0.2) is 0 Å². The van der Waals surface area contributed by atoms with Crippen molar-refractivity contribution in [2.24, 2.45) is 5.92 Å². The van der Waals surface area contributed by atoms with Crippen LogP contribution in [-0.4, -0.2) is 74.0 Å². The van der Waals surface area contributed by atoms with E-state index in [4.69, 9.17) is 9.84 Å². The zero-order valence-electron chi connectivity index (χ0n) is 10.8. The van der Waals surface area contributed by atoms with Crippen molar-refractivity contribution in [3.05, 3.63) is 0 Å². The van der Waals surface area contributed by atoms with Gasteiger partial charge in [-0.05, 0) is 38.3 Å². The molecule has 17 heavy (non-hydrogen) atoms. The molecule has 0 saturated carbocycles. The number of ether oxygens (including phenoxy) is 1. The lowest BCUT2D eigenvalue weighted by Crippen LogP contribution is -2.43. The molecule has 2 aliphatic heterocycles. The number of likely N-dealkylation sites (tertiary alicyclic amines) is 1. The Morgan fingerprint density at radius 2 is 1.71 bits per heavy atom. The van der Waals surface area contributed by atoms with Gasteiger partial charge in [-0.1, -0.05) is 0 Å². The molecule has 2 aliphatic rings. The quantitative estimate of drug-likeness (QED) is 0.758. The molecule has 0 spiro atoms. The van der Waals surface area contributed by atoms with E-state index >= 15 is 0 Å². The summed E-state index contributed by atoms with van der Waals surface area (Å²) in [5.41, 5.74) is 0. The molecule has 2 rings (SSSR count). The van der Waals surface area contributed by atoms with Crippen molar-refractivity contribution in [2.45, 2.75) is 19.3 Å². The highest BCUT2D eigenvalue weighted by molar-refractivity contribution is 4.76. The zero-order valence-corrected chi connectivity index (χ0v) is 10.8. The first-order chi connectivity index (χ1) is 8.38. The number of piperidine rings is 1. The van der Waals surface area contributed by atoms with E-state index in [1.165, 1.54) is 32.5 Å². The van der Waals surface area contributed by atoms with E-state index < -0.39 is 0 Å². The second-order valence-corrected chi connectivity index (χ2v) is 5.28. The molecule has 0 aliphatic carbocycles. The fourth-order valence-corrected chi connectivity index (χ4v) is 2.84. The molecule has 0 aromatic rings. The monoisotopic (exact) mass is 242 g/mol. The lowest BCUT2D eigenvalue weighted by Gasteiger charge is -2.36. The average Bonchev–Trinajstić information content (AvgIpc) is 2.39. The number of aliphatic hydroxyl groups excluding tert-OH is 1. The number of rotatable bonds is 5. The lowest BCUT2D eigenvalue weighted by atomic mass is 9.96. The third-order valence-electron chi connectivity index (χ3n) is 3.96. The Morgan fingerprint density at radius 3 is 2.35 bits per heavy atom. The van der Waals surface area contributed by atoms with Crippen molar-refractivity contribution in [1.29, 1.82) is 0 Å². The fraction of sp³-hybridized carbons (Fsp3) is 1.00. The molecular formula is C13H26N2O2. The summed E-state index contributed by atoms with van der Waals surface area (Å²) in [4.78, 5) is 5.05. The van der Waals surface area contributed by atoms with Crippen molar-refractivity contribution in [3.8, 4) is 0 Å². The Bertz CT molecular complexity index is 200. The molecule has 0 unspecified atom stereocenters. The van der Waals surface area contributed by atoms with E-state index in [-0.39, 0.29) is 0 Å². The lowest BCUT2D eigenvalue weighted by molar-refractivity contribution is 0.0243. The molecule has 0 bridgehead atoms. The first kappa shape index (κ1) is 13.3. The summed E-state index contributed by atoms with van der Waals surface area (Å²) in [5, 5.41) is 8.82. The van der Waals surface area contributed by atoms with Crippen LogP contribution in [0.5, 0.6) is 0 Å². The average molecular weight is 242 g/mol. The maximum atomic E-state index is 8.82. The Labute approximate surface area is 105 Å². The molecule has 1 N–H and O–H groups in total. The normalized spacial score (nSPS) is 25.2. The Kier molecular flexibility index (Phi) is 5.71. The minimum atomic E-state index is 0.327. The van der Waals surface area contributed by atoms with Crippen molar-refractivity contribution in [2.75, 3.05) is 59.1 Å². The highest BCUT2D eigenvalue weighted by atomic mass is 16.5. The molecule has 4 heteroatoms. The summed E-state index contributed by atoms with van der Waals surface area (Å²) < 4.78 is 5.38. The van der Waals surface area contributed by atoms with E-state index in [0.29, 0.717) is 6.61 Å². The van der Waals surface area contributed by atoms with E-state index in [0.717, 1.165) is 45.2 Å². The number of morpholine rings is 1. The van der Waals surface area contributed by atoms with Gasteiger partial charge in [-0.15, -0.1) is 0 Å². The molecule has 100 valence electrons. The predicted molar refractivity (Wildman–Crippen MR) is 68.1 cm³/mol. The van der Waals surface area contributed by atoms with Crippen LogP contribution in [-0.2, 0) is 4.74 Å². The van der Waals surface area contributed by atoms with Gasteiger partial charge in [0.1, 0.15) is 0 Å². The molecule has 0 amide bonds. The van der Waals surface area contributed by atoms with Crippen LogP contribution >= 0.6 is 0 Å². The minimum absolute atomic E-state index is 0.327. The minimum Gasteiger partial charge on any atom is -0.396 e. The van der Waals surface area contributed by atoms with Crippen LogP contribution < -0.4 is 0 Å². The summed E-state index contributed by atoms with van der Waals surface area (Å²) in [6, 6.07) is 0. The summed E-state index contributed by atoms with van der Waals surface area (Å²) in [7, 11) is 0. The third-order valence-corrected chi connectivity index (χ3v) is 3.96. The highest BCUT2D eigenvalue weighted by Crippen LogP contribution is 2.18. The molecule has 4 nitrogen and oxygen atoms in total. The summed E-state index contributed by atoms with van der Waals surface area (Å²) in [6.45, 7) is 9.15. The SMILES string of the molecule is OCCCN1CCC(CN2CCOCC2)CC1. The molecule has 0 radical (unpaired) electrons. The number of hydrogen-bond acceptors (Lipinski definition) is 4. The van der Waals surface area contributed by atoms with E-state index in [1.54, 1.807) is 0 Å². The first-order valence-electron chi connectivity index (χ1n) is 7.02. The van der Waals surface area contributed by atoms with Gasteiger partial charge >= 0.3 is 0 Å². The molecular weight excluding hydrogens is 216 g/mol. The van der Waals surface area contributed by atoms with Crippen LogP contribution in [0.25, 0.3) is 0 Å². The van der Waals surface area contributed by atoms with Gasteiger partial charge in [-0.3, -0.25) is 4.90 Å². The number of nitrogens with zero attached hydrogens (tertiary/aromatic N) is 2. The fourth-order valence-electron chi connectivity index (χ4n) is 2.84. The molecule has 2 heterocycles. The van der Waals surface area contributed by atoms with Crippen LogP contribution in [0.15, 0.2) is 0 Å². The summed E-state index contributed by atoms with van der Waals surface area (Å²) >= 11 is 0. The van der Waals surface area contributed by atoms with Crippen LogP contribution in [0, 0.1) is 5.92 Å². The van der Waals surface area contributed by atoms with Gasteiger partial charge in [0.05, 0.1) is 13.2 Å². The van der Waals surface area contributed by atoms with Crippen LogP contribution in [0.1, 0.15) is 19.3 Å². The molecule has 0 aromatic heterocycles. The molecule has 2 saturated heterocycles. The zero-order chi connectivity index (χ0) is 11.9. The van der Waals surface area contributed by atoms with E-state index in [2.05, 4.69) is 9.80 Å². The van der Waals surface area contributed by atoms with E-state index in [9.17, 15) is 0 Å². The predicted octanol–water partition coefficient (Wildman–Crippen LogP) is 0.413. The molecule has 2 fully saturated rings. The van der Waals surface area contributed by atoms with Gasteiger partial charge in [-0.2, -0.15) is 0 Å². The second kappa shape index (κ2) is 7.31. The highest BCUT2D eigenvalue weighted by Gasteiger charge is 2.21. The summed E-state index contributed by atoms with van der Waals surface area (Å²) in [6.07, 6.45) is 3.57. The van der Waals surface area contributed by atoms with Gasteiger partial charge in [0.25, 0.3) is 0 Å². The molecule has 0 atom stereocenters. The maximum Gasteiger partial charge on any atom is 0.0594 e. The Hall–Kier alpha value is -0.160. The van der Waals surface area contributed by atoms with Gasteiger partial charge in [0, 0.05) is 32.8 Å². The molecule has 0 aromatic carbocycles. The van der Waals surface area contributed by atoms with Crippen LogP contribution in [0.2, 0.25) is 0 Å².